The van der Waals surface area contributed by atoms with Crippen LogP contribution in [0.3, 0.4) is 0 Å². The first kappa shape index (κ1) is 18.6. The minimum absolute atomic E-state index is 0. The van der Waals surface area contributed by atoms with Crippen LogP contribution in [0.25, 0.3) is 17.2 Å². The SMILES string of the molecule is Cl.Cl.c1cc(CC2CCNCC2)nc(-c2cnc3ncccn23)c1. The van der Waals surface area contributed by atoms with E-state index in [4.69, 9.17) is 4.98 Å². The van der Waals surface area contributed by atoms with Crippen molar-refractivity contribution < 1.29 is 0 Å². The Kier molecular flexibility index (Phi) is 6.54. The van der Waals surface area contributed by atoms with Crippen LogP contribution in [0.1, 0.15) is 18.5 Å². The number of imidazole rings is 1. The van der Waals surface area contributed by atoms with Crippen LogP contribution in [-0.2, 0) is 6.42 Å². The number of rotatable bonds is 3. The first-order valence-electron chi connectivity index (χ1n) is 7.85. The highest BCUT2D eigenvalue weighted by Crippen LogP contribution is 2.21. The molecule has 1 saturated heterocycles. The third-order valence-corrected chi connectivity index (χ3v) is 4.31. The minimum Gasteiger partial charge on any atom is -0.317 e. The van der Waals surface area contributed by atoms with Crippen molar-refractivity contribution in [1.82, 2.24) is 24.7 Å². The number of halogens is 2. The van der Waals surface area contributed by atoms with Crippen molar-refractivity contribution in [3.8, 4) is 11.4 Å². The lowest BCUT2D eigenvalue weighted by Gasteiger charge is -2.22. The van der Waals surface area contributed by atoms with E-state index >= 15 is 0 Å². The Morgan fingerprint density at radius 3 is 2.75 bits per heavy atom. The van der Waals surface area contributed by atoms with Crippen molar-refractivity contribution in [2.75, 3.05) is 13.1 Å². The van der Waals surface area contributed by atoms with Gasteiger partial charge in [0.1, 0.15) is 0 Å². The van der Waals surface area contributed by atoms with E-state index in [1.54, 1.807) is 6.20 Å². The maximum atomic E-state index is 4.85. The number of aromatic nitrogens is 4. The normalized spacial score (nSPS) is 14.8. The van der Waals surface area contributed by atoms with Crippen molar-refractivity contribution in [3.05, 3.63) is 48.5 Å². The number of fused-ring (bicyclic) bond motifs is 1. The van der Waals surface area contributed by atoms with E-state index in [0.717, 1.165) is 36.8 Å². The molecule has 0 spiro atoms. The highest BCUT2D eigenvalue weighted by molar-refractivity contribution is 5.85. The highest BCUT2D eigenvalue weighted by Gasteiger charge is 2.15. The van der Waals surface area contributed by atoms with E-state index < -0.39 is 0 Å². The lowest BCUT2D eigenvalue weighted by Crippen LogP contribution is -2.28. The molecule has 1 N–H and O–H groups in total. The van der Waals surface area contributed by atoms with Crippen molar-refractivity contribution in [2.45, 2.75) is 19.3 Å². The molecule has 0 saturated carbocycles. The van der Waals surface area contributed by atoms with Gasteiger partial charge in [-0.2, -0.15) is 0 Å². The maximum absolute atomic E-state index is 4.85. The summed E-state index contributed by atoms with van der Waals surface area (Å²) in [5, 5.41) is 3.42. The van der Waals surface area contributed by atoms with Crippen LogP contribution in [0.4, 0.5) is 0 Å². The van der Waals surface area contributed by atoms with Gasteiger partial charge in [-0.3, -0.25) is 9.38 Å². The van der Waals surface area contributed by atoms with Crippen LogP contribution in [-0.4, -0.2) is 32.4 Å². The molecule has 3 aromatic heterocycles. The Hall–Kier alpha value is -1.69. The Morgan fingerprint density at radius 1 is 1.08 bits per heavy atom. The smallest absolute Gasteiger partial charge is 0.234 e. The summed E-state index contributed by atoms with van der Waals surface area (Å²) in [5.74, 6) is 1.45. The Balaban J connectivity index is 0.00000104. The molecular formula is C17H21Cl2N5. The molecule has 1 aliphatic heterocycles. The van der Waals surface area contributed by atoms with Gasteiger partial charge in [-0.05, 0) is 56.5 Å². The van der Waals surface area contributed by atoms with Gasteiger partial charge >= 0.3 is 0 Å². The zero-order chi connectivity index (χ0) is 14.8. The summed E-state index contributed by atoms with van der Waals surface area (Å²) in [6.45, 7) is 2.26. The van der Waals surface area contributed by atoms with E-state index in [9.17, 15) is 0 Å². The fraction of sp³-hybridized carbons (Fsp3) is 0.353. The second-order valence-corrected chi connectivity index (χ2v) is 5.84. The van der Waals surface area contributed by atoms with Crippen LogP contribution in [0, 0.1) is 5.92 Å². The van der Waals surface area contributed by atoms with Crippen LogP contribution in [0.15, 0.2) is 42.9 Å². The summed E-state index contributed by atoms with van der Waals surface area (Å²) in [5.41, 5.74) is 3.13. The van der Waals surface area contributed by atoms with Crippen molar-refractivity contribution >= 4 is 30.6 Å². The van der Waals surface area contributed by atoms with Gasteiger partial charge in [-0.25, -0.2) is 9.97 Å². The van der Waals surface area contributed by atoms with E-state index in [1.807, 2.05) is 28.9 Å². The van der Waals surface area contributed by atoms with Gasteiger partial charge in [-0.15, -0.1) is 24.8 Å². The molecule has 3 aromatic rings. The highest BCUT2D eigenvalue weighted by atomic mass is 35.5. The summed E-state index contributed by atoms with van der Waals surface area (Å²) in [4.78, 5) is 13.5. The lowest BCUT2D eigenvalue weighted by atomic mass is 9.93. The van der Waals surface area contributed by atoms with E-state index in [0.29, 0.717) is 5.78 Å². The van der Waals surface area contributed by atoms with Gasteiger partial charge in [0.05, 0.1) is 17.6 Å². The summed E-state index contributed by atoms with van der Waals surface area (Å²) >= 11 is 0. The van der Waals surface area contributed by atoms with Crippen LogP contribution >= 0.6 is 24.8 Å². The quantitative estimate of drug-likeness (QED) is 0.774. The number of hydrogen-bond donors (Lipinski definition) is 1. The fourth-order valence-corrected chi connectivity index (χ4v) is 3.13. The summed E-state index contributed by atoms with van der Waals surface area (Å²) in [6, 6.07) is 8.18. The third kappa shape index (κ3) is 3.86. The predicted octanol–water partition coefficient (Wildman–Crippen LogP) is 3.18. The number of nitrogens with one attached hydrogen (secondary N) is 1. The standard InChI is InChI=1S/C17H19N5.2ClH/c1-3-14(11-13-5-8-18-9-6-13)21-15(4-1)16-12-20-17-19-7-2-10-22(16)17;;/h1-4,7,10,12-13,18H,5-6,8-9,11H2;2*1H. The maximum Gasteiger partial charge on any atom is 0.234 e. The van der Waals surface area contributed by atoms with Crippen LogP contribution < -0.4 is 5.32 Å². The Morgan fingerprint density at radius 2 is 1.92 bits per heavy atom. The molecule has 0 unspecified atom stereocenters. The van der Waals surface area contributed by atoms with Crippen LogP contribution in [0.5, 0.6) is 0 Å². The fourth-order valence-electron chi connectivity index (χ4n) is 3.13. The largest absolute Gasteiger partial charge is 0.317 e. The molecule has 0 amide bonds. The first-order valence-corrected chi connectivity index (χ1v) is 7.85. The molecule has 5 nitrogen and oxygen atoms in total. The third-order valence-electron chi connectivity index (χ3n) is 4.31. The Bertz CT molecular complexity index is 783. The molecular weight excluding hydrogens is 345 g/mol. The second kappa shape index (κ2) is 8.42. The van der Waals surface area contributed by atoms with Gasteiger partial charge < -0.3 is 5.32 Å². The van der Waals surface area contributed by atoms with E-state index in [1.165, 1.54) is 18.5 Å². The van der Waals surface area contributed by atoms with Crippen molar-refractivity contribution in [3.63, 3.8) is 0 Å². The molecule has 1 fully saturated rings. The molecule has 7 heteroatoms. The zero-order valence-electron chi connectivity index (χ0n) is 13.3. The predicted molar refractivity (Wildman–Crippen MR) is 100 cm³/mol. The first-order chi connectivity index (χ1) is 10.9. The van der Waals surface area contributed by atoms with Gasteiger partial charge in [0.2, 0.25) is 5.78 Å². The lowest BCUT2D eigenvalue weighted by molar-refractivity contribution is 0.370. The van der Waals surface area contributed by atoms with Crippen molar-refractivity contribution in [1.29, 1.82) is 0 Å². The molecule has 0 atom stereocenters. The van der Waals surface area contributed by atoms with Gasteiger partial charge in [0.15, 0.2) is 0 Å². The average molecular weight is 366 g/mol. The summed E-state index contributed by atoms with van der Waals surface area (Å²) in [7, 11) is 0. The number of nitrogens with zero attached hydrogens (tertiary/aromatic N) is 4. The van der Waals surface area contributed by atoms with Crippen LogP contribution in [0.2, 0.25) is 0 Å². The summed E-state index contributed by atoms with van der Waals surface area (Å²) in [6.07, 6.45) is 9.12. The van der Waals surface area contributed by atoms with Crippen molar-refractivity contribution in [2.24, 2.45) is 5.92 Å². The molecule has 4 heterocycles. The van der Waals surface area contributed by atoms with Gasteiger partial charge in [-0.1, -0.05) is 6.07 Å². The number of piperidine rings is 1. The van der Waals surface area contributed by atoms with Gasteiger partial charge in [0.25, 0.3) is 0 Å². The second-order valence-electron chi connectivity index (χ2n) is 5.84. The monoisotopic (exact) mass is 365 g/mol. The molecule has 1 aliphatic rings. The minimum atomic E-state index is 0. The summed E-state index contributed by atoms with van der Waals surface area (Å²) < 4.78 is 1.98. The molecule has 128 valence electrons. The molecule has 24 heavy (non-hydrogen) atoms. The number of hydrogen-bond acceptors (Lipinski definition) is 4. The van der Waals surface area contributed by atoms with E-state index in [2.05, 4.69) is 27.4 Å². The molecule has 0 aliphatic carbocycles. The van der Waals surface area contributed by atoms with Gasteiger partial charge in [0, 0.05) is 18.1 Å². The molecule has 0 aromatic carbocycles. The average Bonchev–Trinajstić information content (AvgIpc) is 3.00. The Labute approximate surface area is 153 Å². The molecule has 0 radical (unpaired) electrons. The topological polar surface area (TPSA) is 55.1 Å². The molecule has 0 bridgehead atoms. The number of pyridine rings is 1. The zero-order valence-corrected chi connectivity index (χ0v) is 14.9. The molecule has 4 rings (SSSR count). The van der Waals surface area contributed by atoms with E-state index in [-0.39, 0.29) is 24.8 Å².